The van der Waals surface area contributed by atoms with Crippen molar-refractivity contribution in [2.45, 2.75) is 98.2 Å². The fourth-order valence-corrected chi connectivity index (χ4v) is 4.40. The molecule has 3 aliphatic rings. The second-order valence-electron chi connectivity index (χ2n) is 8.79. The molecule has 1 saturated carbocycles. The van der Waals surface area contributed by atoms with Crippen LogP contribution in [0.15, 0.2) is 0 Å². The molecule has 194 valence electrons. The van der Waals surface area contributed by atoms with E-state index in [0.29, 0.717) is 0 Å². The van der Waals surface area contributed by atoms with Crippen molar-refractivity contribution in [1.29, 1.82) is 0 Å². The second kappa shape index (κ2) is 11.0. The maximum absolute atomic E-state index is 10.9. The highest BCUT2D eigenvalue weighted by atomic mass is 16.7. The van der Waals surface area contributed by atoms with Crippen molar-refractivity contribution in [1.82, 2.24) is 0 Å². The first kappa shape index (κ1) is 27.0. The molecule has 0 amide bonds. The molecular weight excluding hydrogens is 448 g/mol. The Morgan fingerprint density at radius 3 is 1.70 bits per heavy atom. The molecular formula is C18H36N4O11. The van der Waals surface area contributed by atoms with Gasteiger partial charge in [0, 0.05) is 18.6 Å². The largest absolute Gasteiger partial charge is 0.394 e. The Morgan fingerprint density at radius 2 is 1.18 bits per heavy atom. The summed E-state index contributed by atoms with van der Waals surface area (Å²) in [6, 6.07) is -2.86. The second-order valence-corrected chi connectivity index (χ2v) is 8.79. The van der Waals surface area contributed by atoms with Crippen molar-refractivity contribution in [3.8, 4) is 0 Å². The van der Waals surface area contributed by atoms with Crippen LogP contribution in [0.4, 0.5) is 0 Å². The smallest absolute Gasteiger partial charge is 0.187 e. The first-order chi connectivity index (χ1) is 15.5. The van der Waals surface area contributed by atoms with Gasteiger partial charge in [0.1, 0.15) is 61.0 Å². The van der Waals surface area contributed by atoms with Gasteiger partial charge in [-0.25, -0.2) is 0 Å². The molecule has 0 bridgehead atoms. The van der Waals surface area contributed by atoms with Crippen LogP contribution in [0.1, 0.15) is 6.42 Å². The van der Waals surface area contributed by atoms with E-state index in [1.807, 2.05) is 0 Å². The van der Waals surface area contributed by atoms with Crippen LogP contribution in [0, 0.1) is 0 Å². The van der Waals surface area contributed by atoms with Crippen molar-refractivity contribution in [2.24, 2.45) is 22.9 Å². The summed E-state index contributed by atoms with van der Waals surface area (Å²) >= 11 is 0. The van der Waals surface area contributed by atoms with E-state index in [0.717, 1.165) is 0 Å². The zero-order valence-electron chi connectivity index (χ0n) is 17.9. The first-order valence-corrected chi connectivity index (χ1v) is 10.8. The lowest BCUT2D eigenvalue weighted by Gasteiger charge is -2.48. The van der Waals surface area contributed by atoms with Gasteiger partial charge in [0.25, 0.3) is 0 Å². The highest BCUT2D eigenvalue weighted by Gasteiger charge is 2.51. The van der Waals surface area contributed by atoms with Crippen LogP contribution >= 0.6 is 0 Å². The molecule has 2 saturated heterocycles. The van der Waals surface area contributed by atoms with E-state index in [-0.39, 0.29) is 13.0 Å². The van der Waals surface area contributed by atoms with E-state index in [1.165, 1.54) is 0 Å². The van der Waals surface area contributed by atoms with Crippen LogP contribution in [-0.4, -0.2) is 141 Å². The van der Waals surface area contributed by atoms with Crippen molar-refractivity contribution in [3.05, 3.63) is 0 Å². The summed E-state index contributed by atoms with van der Waals surface area (Å²) in [5.74, 6) is 0. The lowest BCUT2D eigenvalue weighted by atomic mass is 9.84. The highest BCUT2D eigenvalue weighted by molar-refractivity contribution is 5.01. The Morgan fingerprint density at radius 1 is 0.667 bits per heavy atom. The molecule has 0 spiro atoms. The van der Waals surface area contributed by atoms with E-state index >= 15 is 0 Å². The third kappa shape index (κ3) is 5.32. The zero-order valence-corrected chi connectivity index (χ0v) is 17.9. The lowest BCUT2D eigenvalue weighted by Crippen LogP contribution is -2.68. The van der Waals surface area contributed by atoms with Crippen LogP contribution in [0.3, 0.4) is 0 Å². The van der Waals surface area contributed by atoms with Gasteiger partial charge in [0.05, 0.1) is 12.6 Å². The summed E-state index contributed by atoms with van der Waals surface area (Å²) in [6.45, 7) is -0.763. The van der Waals surface area contributed by atoms with Gasteiger partial charge in [-0.1, -0.05) is 0 Å². The summed E-state index contributed by atoms with van der Waals surface area (Å²) in [5, 5.41) is 70.9. The van der Waals surface area contributed by atoms with Gasteiger partial charge < -0.3 is 77.6 Å². The molecule has 2 heterocycles. The van der Waals surface area contributed by atoms with Crippen LogP contribution in [0.2, 0.25) is 0 Å². The molecule has 0 aromatic carbocycles. The fraction of sp³-hybridized carbons (Fsp3) is 1.00. The van der Waals surface area contributed by atoms with Gasteiger partial charge in [-0.3, -0.25) is 0 Å². The minimum Gasteiger partial charge on any atom is -0.394 e. The molecule has 0 aromatic rings. The van der Waals surface area contributed by atoms with E-state index < -0.39 is 98.4 Å². The SMILES string of the molecule is NC[C@H]1O[C@H](OC2C(O)[C@@H](O[C@H]3OC(CO)[C@@H](O)[C@H](N)C3O)[C@H](N)C[C@@H]2N)C(O)C(O)[C@@H]1O. The van der Waals surface area contributed by atoms with Gasteiger partial charge in [-0.05, 0) is 6.42 Å². The van der Waals surface area contributed by atoms with Crippen molar-refractivity contribution in [3.63, 3.8) is 0 Å². The molecule has 15 nitrogen and oxygen atoms in total. The van der Waals surface area contributed by atoms with Gasteiger partial charge in [-0.2, -0.15) is 0 Å². The average Bonchev–Trinajstić information content (AvgIpc) is 2.79. The van der Waals surface area contributed by atoms with Gasteiger partial charge in [0.15, 0.2) is 12.6 Å². The molecule has 0 aromatic heterocycles. The Balaban J connectivity index is 1.72. The Labute approximate surface area is 189 Å². The third-order valence-corrected chi connectivity index (χ3v) is 6.48. The summed E-state index contributed by atoms with van der Waals surface area (Å²) in [6.07, 6.45) is -16.5. The summed E-state index contributed by atoms with van der Waals surface area (Å²) < 4.78 is 22.2. The minimum atomic E-state index is -1.66. The summed E-state index contributed by atoms with van der Waals surface area (Å²) in [4.78, 5) is 0. The van der Waals surface area contributed by atoms with E-state index in [1.54, 1.807) is 0 Å². The topological polar surface area (TPSA) is 283 Å². The molecule has 15 heteroatoms. The van der Waals surface area contributed by atoms with Gasteiger partial charge >= 0.3 is 0 Å². The first-order valence-electron chi connectivity index (χ1n) is 10.8. The standard InChI is InChI=1S/C18H36N4O11/c19-2-6-10(25)12(27)13(28)18(30-6)33-16-5(21)1-4(20)15(14(16)29)32-17-11(26)8(22)9(24)7(3-23)31-17/h4-18,23-29H,1-3,19-22H2/t4-,5+,6-,7?,8+,9-,10-,11?,12?,13?,14?,15+,16?,17-,18-/m1/s1. The van der Waals surface area contributed by atoms with Gasteiger partial charge in [0.2, 0.25) is 0 Å². The van der Waals surface area contributed by atoms with E-state index in [4.69, 9.17) is 41.9 Å². The normalized spacial score (nSPS) is 53.7. The molecule has 0 radical (unpaired) electrons. The van der Waals surface area contributed by atoms with Crippen LogP contribution in [0.5, 0.6) is 0 Å². The Kier molecular flexibility index (Phi) is 8.99. The lowest BCUT2D eigenvalue weighted by molar-refractivity contribution is -0.332. The highest BCUT2D eigenvalue weighted by Crippen LogP contribution is 2.31. The van der Waals surface area contributed by atoms with Crippen molar-refractivity contribution >= 4 is 0 Å². The fourth-order valence-electron chi connectivity index (χ4n) is 4.40. The summed E-state index contributed by atoms with van der Waals surface area (Å²) in [7, 11) is 0. The Bertz CT molecular complexity index is 584. The van der Waals surface area contributed by atoms with Crippen molar-refractivity contribution < 1.29 is 54.7 Å². The van der Waals surface area contributed by atoms with Crippen LogP contribution in [-0.2, 0) is 18.9 Å². The third-order valence-electron chi connectivity index (χ3n) is 6.48. The zero-order chi connectivity index (χ0) is 24.6. The molecule has 1 aliphatic carbocycles. The Hall–Kier alpha value is -0.600. The number of hydrogen-bond donors (Lipinski definition) is 11. The van der Waals surface area contributed by atoms with Crippen molar-refractivity contribution in [2.75, 3.05) is 13.2 Å². The molecule has 33 heavy (non-hydrogen) atoms. The molecule has 15 N–H and O–H groups in total. The number of nitrogens with two attached hydrogens (primary N) is 4. The number of aliphatic hydroxyl groups is 7. The van der Waals surface area contributed by atoms with E-state index in [2.05, 4.69) is 0 Å². The molecule has 2 aliphatic heterocycles. The van der Waals surface area contributed by atoms with Crippen LogP contribution in [0.25, 0.3) is 0 Å². The number of hydrogen-bond acceptors (Lipinski definition) is 15. The number of aliphatic hydroxyl groups excluding tert-OH is 7. The minimum absolute atomic E-state index is 0.0849. The van der Waals surface area contributed by atoms with Crippen LogP contribution < -0.4 is 22.9 Å². The quantitative estimate of drug-likeness (QED) is 0.167. The predicted molar refractivity (Wildman–Crippen MR) is 108 cm³/mol. The van der Waals surface area contributed by atoms with Gasteiger partial charge in [-0.15, -0.1) is 0 Å². The molecule has 3 rings (SSSR count). The maximum atomic E-state index is 10.9. The maximum Gasteiger partial charge on any atom is 0.187 e. The van der Waals surface area contributed by atoms with E-state index in [9.17, 15) is 35.7 Å². The average molecular weight is 485 g/mol. The predicted octanol–water partition coefficient (Wildman–Crippen LogP) is -7.29. The summed E-state index contributed by atoms with van der Waals surface area (Å²) in [5.41, 5.74) is 23.5. The number of ether oxygens (including phenoxy) is 4. The molecule has 15 atom stereocenters. The number of rotatable bonds is 6. The monoisotopic (exact) mass is 484 g/mol. The molecule has 3 fully saturated rings. The molecule has 6 unspecified atom stereocenters.